The molecule has 0 aromatic rings. The van der Waals surface area contributed by atoms with Gasteiger partial charge in [-0.2, -0.15) is 20.8 Å². The van der Waals surface area contributed by atoms with Crippen molar-refractivity contribution in [3.05, 3.63) is 5.92 Å². The summed E-state index contributed by atoms with van der Waals surface area (Å²) in [5.41, 5.74) is 0. The largest absolute Gasteiger partial charge is 1.00 e. The molecular weight excluding hydrogens is 135 g/mol. The summed E-state index contributed by atoms with van der Waals surface area (Å²) in [6.07, 6.45) is 0. The summed E-state index contributed by atoms with van der Waals surface area (Å²) < 4.78 is 0. The van der Waals surface area contributed by atoms with Crippen LogP contribution in [0.15, 0.2) is 0 Å². The van der Waals surface area contributed by atoms with Gasteiger partial charge in [0, 0.05) is 0 Å². The van der Waals surface area contributed by atoms with Crippen molar-refractivity contribution in [2.75, 3.05) is 0 Å². The smallest absolute Gasteiger partial charge is 0.481 e. The summed E-state index contributed by atoms with van der Waals surface area (Å²) in [4.78, 5) is 9.70. The first-order valence-corrected chi connectivity index (χ1v) is 3.37. The molecular formula is C8H17LiO2. The fourth-order valence-corrected chi connectivity index (χ4v) is 0. The van der Waals surface area contributed by atoms with Crippen molar-refractivity contribution in [1.29, 1.82) is 0 Å². The molecule has 3 heteroatoms. The molecule has 0 aliphatic heterocycles. The zero-order chi connectivity index (χ0) is 8.73. The average Bonchev–Trinajstić information content (AvgIpc) is 1.63. The van der Waals surface area contributed by atoms with Crippen LogP contribution in [-0.4, -0.2) is 11.1 Å². The van der Waals surface area contributed by atoms with Crippen LogP contribution < -0.4 is 18.9 Å². The summed E-state index contributed by atoms with van der Waals surface area (Å²) in [6, 6.07) is 0. The fourth-order valence-electron chi connectivity index (χ4n) is 0. The molecule has 0 unspecified atom stereocenters. The number of hydrogen-bond acceptors (Lipinski definition) is 1. The second kappa shape index (κ2) is 10.1. The molecule has 0 amide bonds. The number of rotatable bonds is 1. The summed E-state index contributed by atoms with van der Waals surface area (Å²) in [5, 5.41) is 7.99. The first-order valence-electron chi connectivity index (χ1n) is 3.37. The van der Waals surface area contributed by atoms with E-state index in [2.05, 4.69) is 20.8 Å². The van der Waals surface area contributed by atoms with E-state index in [0.29, 0.717) is 0 Å². The van der Waals surface area contributed by atoms with Crippen LogP contribution in [0.4, 0.5) is 0 Å². The summed E-state index contributed by atoms with van der Waals surface area (Å²) in [5.74, 6) is 0.444. The van der Waals surface area contributed by atoms with E-state index in [4.69, 9.17) is 5.11 Å². The van der Waals surface area contributed by atoms with Gasteiger partial charge in [-0.3, -0.25) is 4.79 Å². The Bertz CT molecular complexity index is 87.3. The molecule has 0 aromatic carbocycles. The van der Waals surface area contributed by atoms with Gasteiger partial charge in [0.2, 0.25) is 0 Å². The van der Waals surface area contributed by atoms with Crippen LogP contribution in [0, 0.1) is 11.8 Å². The van der Waals surface area contributed by atoms with Crippen molar-refractivity contribution in [3.63, 3.8) is 0 Å². The molecule has 0 spiro atoms. The Kier molecular flexibility index (Phi) is 15.8. The molecule has 1 N–H and O–H groups in total. The van der Waals surface area contributed by atoms with Crippen molar-refractivity contribution in [2.24, 2.45) is 5.92 Å². The van der Waals surface area contributed by atoms with Gasteiger partial charge in [0.25, 0.3) is 0 Å². The minimum absolute atomic E-state index is 0. The molecule has 0 radical (unpaired) electrons. The summed E-state index contributed by atoms with van der Waals surface area (Å²) in [6.45, 7) is 9.53. The van der Waals surface area contributed by atoms with Crippen molar-refractivity contribution in [1.82, 2.24) is 0 Å². The van der Waals surface area contributed by atoms with Crippen molar-refractivity contribution in [3.8, 4) is 0 Å². The number of hydrogen-bond donors (Lipinski definition) is 1. The summed E-state index contributed by atoms with van der Waals surface area (Å²) in [7, 11) is 0. The van der Waals surface area contributed by atoms with Gasteiger partial charge in [-0.15, -0.1) is 0 Å². The van der Waals surface area contributed by atoms with Crippen LogP contribution in [0.25, 0.3) is 0 Å². The van der Waals surface area contributed by atoms with Gasteiger partial charge in [-0.05, 0) is 0 Å². The third kappa shape index (κ3) is 39.6. The predicted molar refractivity (Wildman–Crippen MR) is 42.7 cm³/mol. The van der Waals surface area contributed by atoms with Gasteiger partial charge >= 0.3 is 24.8 Å². The second-order valence-corrected chi connectivity index (χ2v) is 2.99. The maximum Gasteiger partial charge on any atom is 1.00 e. The van der Waals surface area contributed by atoms with Crippen LogP contribution >= 0.6 is 0 Å². The first-order chi connectivity index (χ1) is 4.37. The van der Waals surface area contributed by atoms with E-state index in [1.807, 2.05) is 0 Å². The van der Waals surface area contributed by atoms with Crippen LogP contribution in [0.1, 0.15) is 34.6 Å². The van der Waals surface area contributed by atoms with Crippen LogP contribution in [-0.2, 0) is 4.79 Å². The quantitative estimate of drug-likeness (QED) is 0.400. The monoisotopic (exact) mass is 152 g/mol. The van der Waals surface area contributed by atoms with E-state index >= 15 is 0 Å². The molecule has 0 heterocycles. The minimum atomic E-state index is -0.741. The molecule has 62 valence electrons. The van der Waals surface area contributed by atoms with Crippen molar-refractivity contribution in [2.45, 2.75) is 34.6 Å². The minimum Gasteiger partial charge on any atom is -0.481 e. The predicted octanol–water partition coefficient (Wildman–Crippen LogP) is -0.648. The molecule has 0 rings (SSSR count). The number of carbonyl (C=O) groups is 1. The van der Waals surface area contributed by atoms with Crippen LogP contribution in [0.3, 0.4) is 0 Å². The molecule has 0 aliphatic carbocycles. The zero-order valence-electron chi connectivity index (χ0n) is 8.43. The standard InChI is InChI=1S/C4H8O2.C4H9.Li/c1-3(2)4(5)6;1-4(2)3;/h3H,1-2H3,(H,5,6);1-3H3;/q;-1;+1. The van der Waals surface area contributed by atoms with Gasteiger partial charge in [0.15, 0.2) is 0 Å². The SMILES string of the molecule is CC(C)C(=O)O.C[C-](C)C.[Li+]. The van der Waals surface area contributed by atoms with Crippen molar-refractivity contribution >= 4 is 5.97 Å². The van der Waals surface area contributed by atoms with Gasteiger partial charge in [-0.25, -0.2) is 0 Å². The molecule has 0 atom stereocenters. The third-order valence-electron chi connectivity index (χ3n) is 0.494. The maximum absolute atomic E-state index is 9.70. The van der Waals surface area contributed by atoms with Crippen LogP contribution in [0.5, 0.6) is 0 Å². The van der Waals surface area contributed by atoms with E-state index in [-0.39, 0.29) is 24.8 Å². The Hall–Kier alpha value is 0.0674. The summed E-state index contributed by atoms with van der Waals surface area (Å²) >= 11 is 0. The molecule has 0 fully saturated rings. The molecule has 0 saturated heterocycles. The number of carboxylic acid groups (broad SMARTS) is 1. The Morgan fingerprint density at radius 2 is 1.36 bits per heavy atom. The first kappa shape index (κ1) is 17.2. The number of aliphatic carboxylic acids is 1. The fraction of sp³-hybridized carbons (Fsp3) is 0.750. The Morgan fingerprint density at radius 1 is 1.27 bits per heavy atom. The topological polar surface area (TPSA) is 37.3 Å². The number of carboxylic acids is 1. The molecule has 0 aliphatic rings. The third-order valence-corrected chi connectivity index (χ3v) is 0.494. The van der Waals surface area contributed by atoms with E-state index in [1.54, 1.807) is 13.8 Å². The van der Waals surface area contributed by atoms with Crippen molar-refractivity contribution < 1.29 is 28.8 Å². The molecule has 0 saturated carbocycles. The van der Waals surface area contributed by atoms with Gasteiger partial charge in [-0.1, -0.05) is 13.8 Å². The normalized spacial score (nSPS) is 8.27. The Labute approximate surface area is 81.6 Å². The van der Waals surface area contributed by atoms with E-state index in [9.17, 15) is 4.79 Å². The molecule has 0 bridgehead atoms. The van der Waals surface area contributed by atoms with E-state index < -0.39 is 5.97 Å². The molecule has 11 heavy (non-hydrogen) atoms. The molecule has 2 nitrogen and oxygen atoms in total. The van der Waals surface area contributed by atoms with Crippen LogP contribution in [0.2, 0.25) is 0 Å². The van der Waals surface area contributed by atoms with Gasteiger partial charge < -0.3 is 11.0 Å². The van der Waals surface area contributed by atoms with Gasteiger partial charge in [0.1, 0.15) is 0 Å². The Morgan fingerprint density at radius 3 is 1.36 bits per heavy atom. The zero-order valence-corrected chi connectivity index (χ0v) is 8.43. The van der Waals surface area contributed by atoms with E-state index in [1.165, 1.54) is 5.92 Å². The van der Waals surface area contributed by atoms with E-state index in [0.717, 1.165) is 0 Å². The maximum atomic E-state index is 9.70. The Balaban J connectivity index is -0.000000114. The van der Waals surface area contributed by atoms with Gasteiger partial charge in [0.05, 0.1) is 5.92 Å². The average molecular weight is 152 g/mol. The molecule has 0 aromatic heterocycles. The second-order valence-electron chi connectivity index (χ2n) is 2.99.